The highest BCUT2D eigenvalue weighted by Gasteiger charge is 2.40. The monoisotopic (exact) mass is 551 g/mol. The molecule has 0 radical (unpaired) electrons. The van der Waals surface area contributed by atoms with Gasteiger partial charge in [-0.25, -0.2) is 13.2 Å². The van der Waals surface area contributed by atoms with Gasteiger partial charge in [-0.15, -0.1) is 0 Å². The van der Waals surface area contributed by atoms with E-state index in [-0.39, 0.29) is 41.5 Å². The van der Waals surface area contributed by atoms with E-state index in [4.69, 9.17) is 0 Å². The first-order valence-corrected chi connectivity index (χ1v) is 13.2. The van der Waals surface area contributed by atoms with Crippen LogP contribution in [0.5, 0.6) is 0 Å². The van der Waals surface area contributed by atoms with E-state index in [9.17, 15) is 41.9 Å². The molecule has 0 aliphatic carbocycles. The van der Waals surface area contributed by atoms with Crippen LogP contribution in [-0.4, -0.2) is 55.6 Å². The van der Waals surface area contributed by atoms with Crippen LogP contribution in [0.3, 0.4) is 0 Å². The normalized spacial score (nSPS) is 17.7. The predicted molar refractivity (Wildman–Crippen MR) is 132 cm³/mol. The molecule has 3 N–H and O–H groups in total. The SMILES string of the molecule is CC(=O)c1cn(CC(=O)N2C[C@H](F)C[C@H]2C(=O)NCc2cccc(C)c2F)c2cc(P(=O)(O)O)c(F)cc12. The molecule has 202 valence electrons. The van der Waals surface area contributed by atoms with Gasteiger partial charge in [-0.3, -0.25) is 18.9 Å². The standard InChI is InChI=1S/C25H25F3N3O6P/c1-13-4-3-5-15(24(13)28)9-29-25(34)21-6-16(26)10-31(21)23(33)12-30-11-18(14(2)32)17-7-19(27)22(8-20(17)30)38(35,36)37/h3-5,7-8,11,16,21H,6,9-10,12H2,1-2H3,(H,29,34)(H2,35,36,37)/t16-,21+/m1/s1. The first-order chi connectivity index (χ1) is 17.8. The van der Waals surface area contributed by atoms with Gasteiger partial charge in [0.15, 0.2) is 5.78 Å². The highest BCUT2D eigenvalue weighted by Crippen LogP contribution is 2.36. The summed E-state index contributed by atoms with van der Waals surface area (Å²) in [6.07, 6.45) is -0.520. The molecule has 0 unspecified atom stereocenters. The number of amides is 2. The number of hydrogen-bond donors (Lipinski definition) is 3. The summed E-state index contributed by atoms with van der Waals surface area (Å²) in [5.74, 6) is -3.55. The molecule has 4 rings (SSSR count). The van der Waals surface area contributed by atoms with Crippen LogP contribution in [-0.2, 0) is 27.2 Å². The van der Waals surface area contributed by atoms with E-state index < -0.39 is 60.9 Å². The molecule has 1 fully saturated rings. The van der Waals surface area contributed by atoms with Crippen LogP contribution >= 0.6 is 7.60 Å². The van der Waals surface area contributed by atoms with Crippen molar-refractivity contribution in [3.63, 3.8) is 0 Å². The number of fused-ring (bicyclic) bond motifs is 1. The lowest BCUT2D eigenvalue weighted by Gasteiger charge is -2.24. The van der Waals surface area contributed by atoms with Crippen LogP contribution in [0.15, 0.2) is 36.5 Å². The molecular weight excluding hydrogens is 526 g/mol. The molecule has 2 amide bonds. The minimum atomic E-state index is -5.02. The molecule has 1 aromatic heterocycles. The number of nitrogens with zero attached hydrogens (tertiary/aromatic N) is 2. The largest absolute Gasteiger partial charge is 0.359 e. The Bertz CT molecular complexity index is 1500. The molecular formula is C25H25F3N3O6P. The van der Waals surface area contributed by atoms with Crippen molar-refractivity contribution >= 4 is 41.4 Å². The number of aromatic nitrogens is 1. The lowest BCUT2D eigenvalue weighted by Crippen LogP contribution is -2.46. The lowest BCUT2D eigenvalue weighted by atomic mass is 10.1. The fourth-order valence-electron chi connectivity index (χ4n) is 4.62. The Balaban J connectivity index is 1.59. The molecule has 0 saturated carbocycles. The average Bonchev–Trinajstić information content (AvgIpc) is 3.39. The van der Waals surface area contributed by atoms with Crippen molar-refractivity contribution in [1.29, 1.82) is 0 Å². The van der Waals surface area contributed by atoms with Gasteiger partial charge in [0.25, 0.3) is 0 Å². The van der Waals surface area contributed by atoms with Gasteiger partial charge in [-0.2, -0.15) is 0 Å². The molecule has 0 bridgehead atoms. The minimum Gasteiger partial charge on any atom is -0.350 e. The third kappa shape index (κ3) is 5.38. The van der Waals surface area contributed by atoms with Crippen molar-refractivity contribution in [1.82, 2.24) is 14.8 Å². The zero-order chi connectivity index (χ0) is 27.9. The van der Waals surface area contributed by atoms with E-state index in [2.05, 4.69) is 5.32 Å². The van der Waals surface area contributed by atoms with Crippen LogP contribution in [0, 0.1) is 18.6 Å². The van der Waals surface area contributed by atoms with Crippen molar-refractivity contribution in [2.45, 2.75) is 45.6 Å². The van der Waals surface area contributed by atoms with Gasteiger partial charge in [0.05, 0.1) is 12.1 Å². The molecule has 9 nitrogen and oxygen atoms in total. The molecule has 3 aromatic rings. The number of carbonyl (C=O) groups is 3. The second-order valence-corrected chi connectivity index (χ2v) is 10.8. The Morgan fingerprint density at radius 1 is 1.18 bits per heavy atom. The molecule has 1 aliphatic heterocycles. The first-order valence-electron chi connectivity index (χ1n) is 11.6. The fraction of sp³-hybridized carbons (Fsp3) is 0.320. The summed E-state index contributed by atoms with van der Waals surface area (Å²) in [6, 6.07) is 5.21. The van der Waals surface area contributed by atoms with Crippen molar-refractivity contribution < 1.29 is 41.9 Å². The maximum atomic E-state index is 14.4. The van der Waals surface area contributed by atoms with E-state index in [0.29, 0.717) is 5.56 Å². The number of Topliss-reactive ketones (excluding diaryl/α,β-unsaturated/α-hetero) is 1. The number of benzene rings is 2. The topological polar surface area (TPSA) is 129 Å². The molecule has 0 spiro atoms. The summed E-state index contributed by atoms with van der Waals surface area (Å²) >= 11 is 0. The smallest absolute Gasteiger partial charge is 0.350 e. The van der Waals surface area contributed by atoms with Crippen LogP contribution < -0.4 is 10.6 Å². The van der Waals surface area contributed by atoms with E-state index in [0.717, 1.165) is 17.0 Å². The van der Waals surface area contributed by atoms with Gasteiger partial charge in [0, 0.05) is 35.7 Å². The summed E-state index contributed by atoms with van der Waals surface area (Å²) in [4.78, 5) is 58.2. The quantitative estimate of drug-likeness (QED) is 0.306. The summed E-state index contributed by atoms with van der Waals surface area (Å²) in [5.41, 5.74) is 0.650. The minimum absolute atomic E-state index is 0.00944. The number of nitrogens with one attached hydrogen (secondary N) is 1. The van der Waals surface area contributed by atoms with Crippen LogP contribution in [0.2, 0.25) is 0 Å². The lowest BCUT2D eigenvalue weighted by molar-refractivity contribution is -0.139. The average molecular weight is 551 g/mol. The number of alkyl halides is 1. The first kappa shape index (κ1) is 27.6. The van der Waals surface area contributed by atoms with Crippen molar-refractivity contribution in [2.75, 3.05) is 6.54 Å². The van der Waals surface area contributed by atoms with Gasteiger partial charge in [-0.1, -0.05) is 18.2 Å². The van der Waals surface area contributed by atoms with Gasteiger partial charge in [0.2, 0.25) is 11.8 Å². The summed E-state index contributed by atoms with van der Waals surface area (Å²) in [6.45, 7) is 1.73. The third-order valence-corrected chi connectivity index (χ3v) is 7.52. The number of ketones is 1. The summed E-state index contributed by atoms with van der Waals surface area (Å²) in [5, 5.41) is 1.67. The predicted octanol–water partition coefficient (Wildman–Crippen LogP) is 2.49. The number of carbonyl (C=O) groups excluding carboxylic acids is 3. The highest BCUT2D eigenvalue weighted by atomic mass is 31.2. The number of halogens is 3. The van der Waals surface area contributed by atoms with E-state index in [1.807, 2.05) is 0 Å². The fourth-order valence-corrected chi connectivity index (χ4v) is 5.26. The Kier molecular flexibility index (Phi) is 7.51. The van der Waals surface area contributed by atoms with Gasteiger partial charge in [0.1, 0.15) is 35.7 Å². The van der Waals surface area contributed by atoms with E-state index >= 15 is 0 Å². The van der Waals surface area contributed by atoms with Crippen LogP contribution in [0.1, 0.15) is 34.8 Å². The summed E-state index contributed by atoms with van der Waals surface area (Å²) in [7, 11) is -5.02. The molecule has 2 aromatic carbocycles. The van der Waals surface area contributed by atoms with E-state index in [1.54, 1.807) is 19.1 Å². The zero-order valence-electron chi connectivity index (χ0n) is 20.5. The van der Waals surface area contributed by atoms with Crippen molar-refractivity contribution in [3.05, 3.63) is 64.9 Å². The molecule has 1 aliphatic rings. The Hall–Kier alpha value is -3.47. The van der Waals surface area contributed by atoms with Gasteiger partial charge >= 0.3 is 7.60 Å². The number of aryl methyl sites for hydroxylation is 1. The molecule has 13 heteroatoms. The molecule has 1 saturated heterocycles. The van der Waals surface area contributed by atoms with Crippen molar-refractivity contribution in [2.24, 2.45) is 0 Å². The second kappa shape index (κ2) is 10.4. The Labute approximate surface area is 215 Å². The molecule has 38 heavy (non-hydrogen) atoms. The molecule has 2 atom stereocenters. The highest BCUT2D eigenvalue weighted by molar-refractivity contribution is 7.60. The van der Waals surface area contributed by atoms with Gasteiger partial charge in [-0.05, 0) is 31.5 Å². The summed E-state index contributed by atoms with van der Waals surface area (Å²) < 4.78 is 56.0. The maximum Gasteiger partial charge on any atom is 0.359 e. The number of hydrogen-bond acceptors (Lipinski definition) is 4. The van der Waals surface area contributed by atoms with Crippen LogP contribution in [0.25, 0.3) is 10.9 Å². The Morgan fingerprint density at radius 3 is 2.55 bits per heavy atom. The van der Waals surface area contributed by atoms with Crippen LogP contribution in [0.4, 0.5) is 13.2 Å². The number of likely N-dealkylation sites (tertiary alicyclic amines) is 1. The van der Waals surface area contributed by atoms with Gasteiger partial charge < -0.3 is 24.6 Å². The van der Waals surface area contributed by atoms with Crippen molar-refractivity contribution in [3.8, 4) is 0 Å². The Morgan fingerprint density at radius 2 is 1.89 bits per heavy atom. The second-order valence-electron chi connectivity index (χ2n) is 9.25. The third-order valence-electron chi connectivity index (χ3n) is 6.55. The number of rotatable bonds is 7. The maximum absolute atomic E-state index is 14.4. The molecule has 2 heterocycles. The zero-order valence-corrected chi connectivity index (χ0v) is 21.3. The van der Waals surface area contributed by atoms with E-state index in [1.165, 1.54) is 23.8 Å².